The summed E-state index contributed by atoms with van der Waals surface area (Å²) in [5, 5.41) is 7.49. The SMILES string of the molecule is CCOC(=O)c1c(C(F)(F)F)c2ccc(N(CC)CC)cc2oc1=N. The van der Waals surface area contributed by atoms with Gasteiger partial charge in [0.25, 0.3) is 0 Å². The van der Waals surface area contributed by atoms with Gasteiger partial charge in [0.15, 0.2) is 0 Å². The number of anilines is 1. The molecule has 25 heavy (non-hydrogen) atoms. The molecule has 0 saturated carbocycles. The van der Waals surface area contributed by atoms with Crippen LogP contribution in [0.2, 0.25) is 0 Å². The van der Waals surface area contributed by atoms with E-state index in [1.165, 1.54) is 19.1 Å². The first-order chi connectivity index (χ1) is 11.7. The molecule has 0 radical (unpaired) electrons. The fourth-order valence-electron chi connectivity index (χ4n) is 2.69. The summed E-state index contributed by atoms with van der Waals surface area (Å²) in [6, 6.07) is 4.25. The Kier molecular flexibility index (Phi) is 5.39. The van der Waals surface area contributed by atoms with E-state index in [4.69, 9.17) is 9.83 Å². The molecule has 0 aliphatic carbocycles. The van der Waals surface area contributed by atoms with E-state index in [0.717, 1.165) is 0 Å². The predicted octanol–water partition coefficient (Wildman–Crippen LogP) is 3.95. The van der Waals surface area contributed by atoms with Crippen molar-refractivity contribution < 1.29 is 27.1 Å². The number of esters is 1. The maximum Gasteiger partial charge on any atom is 0.418 e. The molecule has 0 saturated heterocycles. The van der Waals surface area contributed by atoms with Gasteiger partial charge in [-0.25, -0.2) is 4.79 Å². The van der Waals surface area contributed by atoms with Gasteiger partial charge in [-0.15, -0.1) is 0 Å². The van der Waals surface area contributed by atoms with E-state index < -0.39 is 28.8 Å². The standard InChI is InChI=1S/C17H19F3N2O3/c1-4-22(5-2)10-7-8-11-12(9-10)25-15(21)13(16(23)24-6-3)14(11)17(18,19)20/h7-9,21H,4-6H2,1-3H3. The Labute approximate surface area is 142 Å². The predicted molar refractivity (Wildman–Crippen MR) is 86.6 cm³/mol. The van der Waals surface area contributed by atoms with Crippen molar-refractivity contribution in [2.75, 3.05) is 24.6 Å². The van der Waals surface area contributed by atoms with E-state index in [1.54, 1.807) is 6.07 Å². The van der Waals surface area contributed by atoms with Gasteiger partial charge in [-0.05, 0) is 32.9 Å². The van der Waals surface area contributed by atoms with Gasteiger partial charge in [0.2, 0.25) is 5.55 Å². The molecular formula is C17H19F3N2O3. The number of benzene rings is 1. The third-order valence-electron chi connectivity index (χ3n) is 3.82. The minimum absolute atomic E-state index is 0.102. The quantitative estimate of drug-likeness (QED) is 0.824. The van der Waals surface area contributed by atoms with Crippen LogP contribution in [0, 0.1) is 5.41 Å². The summed E-state index contributed by atoms with van der Waals surface area (Å²) < 4.78 is 50.7. The van der Waals surface area contributed by atoms with Crippen molar-refractivity contribution in [2.45, 2.75) is 26.9 Å². The minimum Gasteiger partial charge on any atom is -0.462 e. The van der Waals surface area contributed by atoms with Crippen molar-refractivity contribution in [3.8, 4) is 0 Å². The second-order valence-corrected chi connectivity index (χ2v) is 5.25. The molecule has 8 heteroatoms. The average Bonchev–Trinajstić information content (AvgIpc) is 2.53. The van der Waals surface area contributed by atoms with Crippen LogP contribution < -0.4 is 10.5 Å². The number of carbonyl (C=O) groups excluding carboxylic acids is 1. The molecule has 1 N–H and O–H groups in total. The van der Waals surface area contributed by atoms with Gasteiger partial charge in [-0.3, -0.25) is 5.41 Å². The number of alkyl halides is 3. The lowest BCUT2D eigenvalue weighted by atomic mass is 10.0. The molecule has 0 aliphatic heterocycles. The van der Waals surface area contributed by atoms with Crippen LogP contribution in [-0.2, 0) is 10.9 Å². The number of hydrogen-bond acceptors (Lipinski definition) is 5. The lowest BCUT2D eigenvalue weighted by Gasteiger charge is -2.22. The molecule has 0 atom stereocenters. The summed E-state index contributed by atoms with van der Waals surface area (Å²) in [5.41, 5.74) is -2.40. The number of rotatable bonds is 5. The van der Waals surface area contributed by atoms with Crippen LogP contribution in [0.4, 0.5) is 18.9 Å². The van der Waals surface area contributed by atoms with Crippen molar-refractivity contribution in [3.05, 3.63) is 34.9 Å². The molecule has 1 heterocycles. The summed E-state index contributed by atoms with van der Waals surface area (Å²) in [5.74, 6) is -1.22. The summed E-state index contributed by atoms with van der Waals surface area (Å²) in [7, 11) is 0. The van der Waals surface area contributed by atoms with Crippen LogP contribution in [0.1, 0.15) is 36.7 Å². The minimum atomic E-state index is -4.83. The third-order valence-corrected chi connectivity index (χ3v) is 3.82. The van der Waals surface area contributed by atoms with E-state index in [-0.39, 0.29) is 17.6 Å². The van der Waals surface area contributed by atoms with Crippen molar-refractivity contribution in [2.24, 2.45) is 0 Å². The lowest BCUT2D eigenvalue weighted by molar-refractivity contribution is -0.137. The van der Waals surface area contributed by atoms with E-state index in [9.17, 15) is 18.0 Å². The largest absolute Gasteiger partial charge is 0.462 e. The molecule has 136 valence electrons. The Hall–Kier alpha value is -2.51. The Bertz CT molecular complexity index is 839. The first-order valence-corrected chi connectivity index (χ1v) is 7.89. The third kappa shape index (κ3) is 3.62. The van der Waals surface area contributed by atoms with Crippen molar-refractivity contribution in [3.63, 3.8) is 0 Å². The van der Waals surface area contributed by atoms with Gasteiger partial charge in [0, 0.05) is 30.2 Å². The van der Waals surface area contributed by atoms with Crippen LogP contribution in [0.15, 0.2) is 22.6 Å². The molecule has 0 spiro atoms. The maximum atomic E-state index is 13.6. The van der Waals surface area contributed by atoms with Gasteiger partial charge in [-0.1, -0.05) is 0 Å². The molecule has 0 amide bonds. The number of fused-ring (bicyclic) bond motifs is 1. The Morgan fingerprint density at radius 2 is 1.88 bits per heavy atom. The number of nitrogens with one attached hydrogen (secondary N) is 1. The zero-order valence-electron chi connectivity index (χ0n) is 14.2. The van der Waals surface area contributed by atoms with Gasteiger partial charge in [-0.2, -0.15) is 13.2 Å². The van der Waals surface area contributed by atoms with E-state index in [0.29, 0.717) is 18.8 Å². The van der Waals surface area contributed by atoms with E-state index >= 15 is 0 Å². The first kappa shape index (κ1) is 18.8. The zero-order valence-corrected chi connectivity index (χ0v) is 14.2. The van der Waals surface area contributed by atoms with Gasteiger partial charge >= 0.3 is 12.1 Å². The molecule has 1 aromatic carbocycles. The highest BCUT2D eigenvalue weighted by Crippen LogP contribution is 2.37. The Morgan fingerprint density at radius 1 is 1.24 bits per heavy atom. The fraction of sp³-hybridized carbons (Fsp3) is 0.412. The van der Waals surface area contributed by atoms with Crippen LogP contribution >= 0.6 is 0 Å². The van der Waals surface area contributed by atoms with E-state index in [2.05, 4.69) is 4.74 Å². The molecule has 0 fully saturated rings. The average molecular weight is 356 g/mol. The molecule has 0 bridgehead atoms. The molecular weight excluding hydrogens is 337 g/mol. The monoisotopic (exact) mass is 356 g/mol. The number of halogens is 3. The van der Waals surface area contributed by atoms with Crippen molar-refractivity contribution >= 4 is 22.6 Å². The highest BCUT2D eigenvalue weighted by atomic mass is 19.4. The number of carbonyl (C=O) groups is 1. The Morgan fingerprint density at radius 3 is 2.40 bits per heavy atom. The number of hydrogen-bond donors (Lipinski definition) is 1. The zero-order chi connectivity index (χ0) is 18.8. The smallest absolute Gasteiger partial charge is 0.418 e. The summed E-state index contributed by atoms with van der Waals surface area (Å²) in [6.45, 7) is 6.56. The van der Waals surface area contributed by atoms with Gasteiger partial charge in [0.1, 0.15) is 11.1 Å². The van der Waals surface area contributed by atoms with Crippen LogP contribution in [-0.4, -0.2) is 25.7 Å². The summed E-state index contributed by atoms with van der Waals surface area (Å²) in [4.78, 5) is 13.9. The molecule has 2 aromatic rings. The van der Waals surface area contributed by atoms with Crippen LogP contribution in [0.5, 0.6) is 0 Å². The summed E-state index contributed by atoms with van der Waals surface area (Å²) >= 11 is 0. The van der Waals surface area contributed by atoms with Crippen LogP contribution in [0.3, 0.4) is 0 Å². The number of nitrogens with zero attached hydrogens (tertiary/aromatic N) is 1. The molecule has 1 aromatic heterocycles. The second kappa shape index (κ2) is 7.16. The highest BCUT2D eigenvalue weighted by Gasteiger charge is 2.39. The lowest BCUT2D eigenvalue weighted by Crippen LogP contribution is -2.25. The first-order valence-electron chi connectivity index (χ1n) is 7.89. The number of ether oxygens (including phenoxy) is 1. The molecule has 0 aliphatic rings. The normalized spacial score (nSPS) is 11.6. The fourth-order valence-corrected chi connectivity index (χ4v) is 2.69. The molecule has 5 nitrogen and oxygen atoms in total. The molecule has 0 unspecified atom stereocenters. The topological polar surface area (TPSA) is 66.5 Å². The highest BCUT2D eigenvalue weighted by molar-refractivity contribution is 5.97. The van der Waals surface area contributed by atoms with Crippen molar-refractivity contribution in [1.29, 1.82) is 5.41 Å². The van der Waals surface area contributed by atoms with Crippen LogP contribution in [0.25, 0.3) is 11.0 Å². The van der Waals surface area contributed by atoms with E-state index in [1.807, 2.05) is 18.7 Å². The maximum absolute atomic E-state index is 13.6. The second-order valence-electron chi connectivity index (χ2n) is 5.25. The van der Waals surface area contributed by atoms with Gasteiger partial charge in [0.05, 0.1) is 12.2 Å². The molecule has 2 rings (SSSR count). The van der Waals surface area contributed by atoms with Gasteiger partial charge < -0.3 is 14.1 Å². The Balaban J connectivity index is 2.81. The summed E-state index contributed by atoms with van der Waals surface area (Å²) in [6.07, 6.45) is -4.83. The van der Waals surface area contributed by atoms with Crippen molar-refractivity contribution in [1.82, 2.24) is 0 Å².